The lowest BCUT2D eigenvalue weighted by Crippen LogP contribution is -2.32. The lowest BCUT2D eigenvalue weighted by molar-refractivity contribution is 0.0941. The molecule has 33 heavy (non-hydrogen) atoms. The second-order valence-corrected chi connectivity index (χ2v) is 8.17. The molecule has 0 unspecified atom stereocenters. The van der Waals surface area contributed by atoms with Crippen molar-refractivity contribution in [3.63, 3.8) is 0 Å². The van der Waals surface area contributed by atoms with E-state index in [1.54, 1.807) is 25.2 Å². The van der Waals surface area contributed by atoms with Crippen LogP contribution in [0.25, 0.3) is 21.9 Å². The zero-order valence-corrected chi connectivity index (χ0v) is 18.6. The average molecular weight is 458 g/mol. The highest BCUT2D eigenvalue weighted by atomic mass is 35.5. The first kappa shape index (κ1) is 20.9. The van der Waals surface area contributed by atoms with Crippen LogP contribution in [-0.2, 0) is 20.1 Å². The number of hydrogen-bond donors (Lipinski definition) is 1. The van der Waals surface area contributed by atoms with Gasteiger partial charge in [0.2, 0.25) is 5.43 Å². The zero-order valence-electron chi connectivity index (χ0n) is 17.8. The van der Waals surface area contributed by atoms with Crippen LogP contribution >= 0.6 is 11.6 Å². The number of amides is 1. The monoisotopic (exact) mass is 457 g/mol. The molecule has 5 aromatic rings. The Balaban J connectivity index is 1.47. The number of hydrogen-bond acceptors (Lipinski definition) is 4. The van der Waals surface area contributed by atoms with Crippen LogP contribution in [0.15, 0.2) is 77.6 Å². The number of rotatable bonds is 5. The van der Waals surface area contributed by atoms with Gasteiger partial charge in [0, 0.05) is 18.6 Å². The molecule has 2 heterocycles. The number of fused-ring (bicyclic) bond motifs is 2. The Morgan fingerprint density at radius 3 is 2.58 bits per heavy atom. The number of benzene rings is 3. The SMILES string of the molecule is Cn1nc(C(=O)NCc2nc3ccccc3n2Cc2ccccc2)c(=O)c2cc(Cl)ccc21. The molecule has 0 saturated carbocycles. The molecule has 3 aromatic carbocycles. The van der Waals surface area contributed by atoms with E-state index in [2.05, 4.69) is 15.0 Å². The highest BCUT2D eigenvalue weighted by Crippen LogP contribution is 2.19. The van der Waals surface area contributed by atoms with Gasteiger partial charge < -0.3 is 9.88 Å². The molecule has 0 radical (unpaired) electrons. The maximum Gasteiger partial charge on any atom is 0.276 e. The molecule has 1 amide bonds. The molecule has 5 rings (SSSR count). The summed E-state index contributed by atoms with van der Waals surface area (Å²) in [5, 5.41) is 7.79. The van der Waals surface area contributed by atoms with Gasteiger partial charge in [-0.25, -0.2) is 4.98 Å². The second-order valence-electron chi connectivity index (χ2n) is 7.73. The molecule has 8 heteroatoms. The summed E-state index contributed by atoms with van der Waals surface area (Å²) in [6, 6.07) is 22.8. The van der Waals surface area contributed by atoms with Crippen molar-refractivity contribution in [3.05, 3.63) is 105 Å². The molecule has 0 spiro atoms. The number of halogens is 1. The van der Waals surface area contributed by atoms with Gasteiger partial charge in [0.1, 0.15) is 5.82 Å². The Kier molecular flexibility index (Phi) is 5.40. The normalized spacial score (nSPS) is 11.2. The van der Waals surface area contributed by atoms with E-state index in [1.807, 2.05) is 54.6 Å². The fourth-order valence-electron chi connectivity index (χ4n) is 3.94. The molecule has 0 aliphatic heterocycles. The van der Waals surface area contributed by atoms with Gasteiger partial charge >= 0.3 is 0 Å². The number of aryl methyl sites for hydroxylation is 1. The van der Waals surface area contributed by atoms with Crippen molar-refractivity contribution in [2.45, 2.75) is 13.1 Å². The molecule has 1 N–H and O–H groups in total. The van der Waals surface area contributed by atoms with E-state index in [9.17, 15) is 9.59 Å². The standard InChI is InChI=1S/C25H20ClN5O2/c1-30-20-12-11-17(26)13-18(20)24(32)23(29-30)25(33)27-14-22-28-19-9-5-6-10-21(19)31(22)15-16-7-3-2-4-8-16/h2-13H,14-15H2,1H3,(H,27,33). The summed E-state index contributed by atoms with van der Waals surface area (Å²) in [7, 11) is 1.69. The first-order valence-corrected chi connectivity index (χ1v) is 10.8. The van der Waals surface area contributed by atoms with Crippen LogP contribution < -0.4 is 10.7 Å². The molecule has 0 saturated heterocycles. The number of para-hydroxylation sites is 2. The number of nitrogens with zero attached hydrogens (tertiary/aromatic N) is 4. The lowest BCUT2D eigenvalue weighted by Gasteiger charge is -2.11. The number of imidazole rings is 1. The van der Waals surface area contributed by atoms with Crippen LogP contribution in [0.3, 0.4) is 0 Å². The summed E-state index contributed by atoms with van der Waals surface area (Å²) >= 11 is 6.06. The smallest absolute Gasteiger partial charge is 0.276 e. The average Bonchev–Trinajstić information content (AvgIpc) is 3.17. The second kappa shape index (κ2) is 8.52. The molecular formula is C25H20ClN5O2. The number of carbonyl (C=O) groups is 1. The number of aromatic nitrogens is 4. The van der Waals surface area contributed by atoms with Crippen molar-refractivity contribution >= 4 is 39.4 Å². The van der Waals surface area contributed by atoms with Crippen LogP contribution in [0.2, 0.25) is 5.02 Å². The largest absolute Gasteiger partial charge is 0.343 e. The van der Waals surface area contributed by atoms with Gasteiger partial charge in [-0.1, -0.05) is 54.1 Å². The molecule has 7 nitrogen and oxygen atoms in total. The third-order valence-electron chi connectivity index (χ3n) is 5.56. The fraction of sp³-hybridized carbons (Fsp3) is 0.120. The molecular weight excluding hydrogens is 438 g/mol. The predicted molar refractivity (Wildman–Crippen MR) is 128 cm³/mol. The highest BCUT2D eigenvalue weighted by Gasteiger charge is 2.18. The summed E-state index contributed by atoms with van der Waals surface area (Å²) in [6.07, 6.45) is 0. The van der Waals surface area contributed by atoms with Gasteiger partial charge in [0.05, 0.1) is 28.5 Å². The third kappa shape index (κ3) is 3.99. The van der Waals surface area contributed by atoms with Crippen LogP contribution in [0.5, 0.6) is 0 Å². The lowest BCUT2D eigenvalue weighted by atomic mass is 10.2. The Labute approximate surface area is 194 Å². The van der Waals surface area contributed by atoms with Gasteiger partial charge in [0.15, 0.2) is 5.69 Å². The third-order valence-corrected chi connectivity index (χ3v) is 5.79. The van der Waals surface area contributed by atoms with E-state index in [0.717, 1.165) is 16.6 Å². The van der Waals surface area contributed by atoms with Crippen molar-refractivity contribution in [3.8, 4) is 0 Å². The molecule has 0 atom stereocenters. The molecule has 0 aliphatic rings. The topological polar surface area (TPSA) is 81.8 Å². The molecule has 0 aliphatic carbocycles. The van der Waals surface area contributed by atoms with Crippen molar-refractivity contribution in [2.24, 2.45) is 7.05 Å². The van der Waals surface area contributed by atoms with E-state index in [0.29, 0.717) is 28.3 Å². The van der Waals surface area contributed by atoms with Gasteiger partial charge in [-0.2, -0.15) is 5.10 Å². The maximum absolute atomic E-state index is 12.9. The summed E-state index contributed by atoms with van der Waals surface area (Å²) in [5.74, 6) is 0.129. The molecule has 164 valence electrons. The zero-order chi connectivity index (χ0) is 22.9. The van der Waals surface area contributed by atoms with E-state index >= 15 is 0 Å². The quantitative estimate of drug-likeness (QED) is 0.433. The molecule has 0 bridgehead atoms. The summed E-state index contributed by atoms with van der Waals surface area (Å²) in [4.78, 5) is 30.6. The summed E-state index contributed by atoms with van der Waals surface area (Å²) < 4.78 is 3.57. The number of nitrogens with one attached hydrogen (secondary N) is 1. The minimum atomic E-state index is -0.559. The minimum absolute atomic E-state index is 0.152. The Morgan fingerprint density at radius 1 is 1.00 bits per heavy atom. The van der Waals surface area contributed by atoms with Crippen molar-refractivity contribution in [1.82, 2.24) is 24.6 Å². The first-order valence-electron chi connectivity index (χ1n) is 10.4. The Bertz CT molecular complexity index is 1560. The maximum atomic E-state index is 12.9. The van der Waals surface area contributed by atoms with Crippen molar-refractivity contribution in [1.29, 1.82) is 0 Å². The van der Waals surface area contributed by atoms with E-state index < -0.39 is 11.3 Å². The summed E-state index contributed by atoms with van der Waals surface area (Å²) in [5.41, 5.74) is 2.90. The highest BCUT2D eigenvalue weighted by molar-refractivity contribution is 6.31. The van der Waals surface area contributed by atoms with Gasteiger partial charge in [0.25, 0.3) is 5.91 Å². The first-order chi connectivity index (χ1) is 16.0. The molecule has 2 aromatic heterocycles. The van der Waals surface area contributed by atoms with Crippen LogP contribution in [0, 0.1) is 0 Å². The van der Waals surface area contributed by atoms with Crippen LogP contribution in [0.4, 0.5) is 0 Å². The van der Waals surface area contributed by atoms with Gasteiger partial charge in [-0.05, 0) is 35.9 Å². The van der Waals surface area contributed by atoms with Crippen LogP contribution in [-0.4, -0.2) is 25.2 Å². The van der Waals surface area contributed by atoms with Gasteiger partial charge in [-0.15, -0.1) is 0 Å². The van der Waals surface area contributed by atoms with E-state index in [4.69, 9.17) is 16.6 Å². The molecule has 0 fully saturated rings. The Morgan fingerprint density at radius 2 is 1.76 bits per heavy atom. The van der Waals surface area contributed by atoms with Crippen LogP contribution in [0.1, 0.15) is 21.9 Å². The van der Waals surface area contributed by atoms with E-state index in [1.165, 1.54) is 4.68 Å². The van der Waals surface area contributed by atoms with Gasteiger partial charge in [-0.3, -0.25) is 14.3 Å². The predicted octanol–water partition coefficient (Wildman–Crippen LogP) is 3.91. The Hall–Kier alpha value is -3.97. The number of carbonyl (C=O) groups excluding carboxylic acids is 1. The van der Waals surface area contributed by atoms with E-state index in [-0.39, 0.29) is 12.2 Å². The van der Waals surface area contributed by atoms with Crippen molar-refractivity contribution in [2.75, 3.05) is 0 Å². The summed E-state index contributed by atoms with van der Waals surface area (Å²) in [6.45, 7) is 0.764. The minimum Gasteiger partial charge on any atom is -0.343 e. The van der Waals surface area contributed by atoms with Crippen molar-refractivity contribution < 1.29 is 4.79 Å². The fourth-order valence-corrected chi connectivity index (χ4v) is 4.12.